The molecule has 4 nitrogen and oxygen atoms in total. The molecule has 1 rings (SSSR count). The molecule has 1 aromatic carbocycles. The highest BCUT2D eigenvalue weighted by Crippen LogP contribution is 2.15. The quantitative estimate of drug-likeness (QED) is 0.747. The van der Waals surface area contributed by atoms with Crippen LogP contribution in [0.1, 0.15) is 5.56 Å². The maximum absolute atomic E-state index is 11.4. The molecule has 0 saturated heterocycles. The molecule has 16 heavy (non-hydrogen) atoms. The van der Waals surface area contributed by atoms with Crippen LogP contribution in [0.5, 0.6) is 0 Å². The first-order valence-electron chi connectivity index (χ1n) is 5.00. The summed E-state index contributed by atoms with van der Waals surface area (Å²) >= 11 is 0. The zero-order valence-corrected chi connectivity index (χ0v) is 9.32. The van der Waals surface area contributed by atoms with Gasteiger partial charge in [0.15, 0.2) is 0 Å². The lowest BCUT2D eigenvalue weighted by Gasteiger charge is -2.10. The largest absolute Gasteiger partial charge is 0.380 e. The van der Waals surface area contributed by atoms with Gasteiger partial charge in [-0.15, -0.1) is 6.58 Å². The second-order valence-corrected chi connectivity index (χ2v) is 3.21. The van der Waals surface area contributed by atoms with Crippen LogP contribution in [0.3, 0.4) is 0 Å². The molecule has 0 aliphatic carbocycles. The first-order chi connectivity index (χ1) is 7.77. The summed E-state index contributed by atoms with van der Waals surface area (Å²) in [6.45, 7) is 4.44. The first kappa shape index (κ1) is 12.3. The number of anilines is 1. The number of hydrogen-bond acceptors (Lipinski definition) is 2. The molecule has 0 bridgehead atoms. The minimum atomic E-state index is -0.247. The lowest BCUT2D eigenvalue weighted by Crippen LogP contribution is -2.29. The van der Waals surface area contributed by atoms with Gasteiger partial charge in [0.2, 0.25) is 0 Å². The molecule has 4 heteroatoms. The fourth-order valence-corrected chi connectivity index (χ4v) is 1.25. The minimum Gasteiger partial charge on any atom is -0.380 e. The highest BCUT2D eigenvalue weighted by molar-refractivity contribution is 5.90. The summed E-state index contributed by atoms with van der Waals surface area (Å²) in [6, 6.07) is 7.27. The van der Waals surface area contributed by atoms with E-state index in [-0.39, 0.29) is 6.03 Å². The van der Waals surface area contributed by atoms with Crippen molar-refractivity contribution in [3.63, 3.8) is 0 Å². The minimum absolute atomic E-state index is 0.247. The van der Waals surface area contributed by atoms with E-state index in [2.05, 4.69) is 17.2 Å². The third kappa shape index (κ3) is 3.74. The van der Waals surface area contributed by atoms with E-state index in [1.54, 1.807) is 13.2 Å². The van der Waals surface area contributed by atoms with E-state index in [1.165, 1.54) is 0 Å². The average Bonchev–Trinajstić information content (AvgIpc) is 2.29. The molecule has 0 atom stereocenters. The molecule has 0 aliphatic heterocycles. The van der Waals surface area contributed by atoms with Gasteiger partial charge in [-0.2, -0.15) is 0 Å². The Morgan fingerprint density at radius 1 is 1.50 bits per heavy atom. The summed E-state index contributed by atoms with van der Waals surface area (Å²) in [4.78, 5) is 11.4. The maximum Gasteiger partial charge on any atom is 0.319 e. The number of ether oxygens (including phenoxy) is 1. The summed E-state index contributed by atoms with van der Waals surface area (Å²) in [5.41, 5.74) is 1.70. The molecule has 2 amide bonds. The number of amides is 2. The van der Waals surface area contributed by atoms with Crippen LogP contribution >= 0.6 is 0 Å². The Morgan fingerprint density at radius 3 is 2.94 bits per heavy atom. The number of carbonyl (C=O) groups is 1. The van der Waals surface area contributed by atoms with Crippen molar-refractivity contribution >= 4 is 11.7 Å². The zero-order chi connectivity index (χ0) is 11.8. The van der Waals surface area contributed by atoms with Crippen LogP contribution in [0.4, 0.5) is 10.5 Å². The summed E-state index contributed by atoms with van der Waals surface area (Å²) < 4.78 is 5.04. The summed E-state index contributed by atoms with van der Waals surface area (Å²) in [7, 11) is 1.62. The van der Waals surface area contributed by atoms with Crippen LogP contribution in [0.25, 0.3) is 0 Å². The molecule has 1 aromatic rings. The molecule has 86 valence electrons. The van der Waals surface area contributed by atoms with Crippen LogP contribution in [-0.4, -0.2) is 19.7 Å². The number of benzene rings is 1. The van der Waals surface area contributed by atoms with E-state index >= 15 is 0 Å². The predicted octanol–water partition coefficient (Wildman–Crippen LogP) is 2.14. The number of para-hydroxylation sites is 1. The Kier molecular flexibility index (Phi) is 5.08. The Bertz CT molecular complexity index is 364. The smallest absolute Gasteiger partial charge is 0.319 e. The SMILES string of the molecule is C=CCNC(=O)Nc1ccccc1COC. The van der Waals surface area contributed by atoms with Gasteiger partial charge in [-0.05, 0) is 6.07 Å². The van der Waals surface area contributed by atoms with E-state index in [9.17, 15) is 4.79 Å². The number of rotatable bonds is 5. The number of hydrogen-bond donors (Lipinski definition) is 2. The summed E-state index contributed by atoms with van der Waals surface area (Å²) in [6.07, 6.45) is 1.63. The van der Waals surface area contributed by atoms with Crippen molar-refractivity contribution in [3.05, 3.63) is 42.5 Å². The second kappa shape index (κ2) is 6.63. The molecule has 0 radical (unpaired) electrons. The normalized spacial score (nSPS) is 9.56. The first-order valence-corrected chi connectivity index (χ1v) is 5.00. The standard InChI is InChI=1S/C12H16N2O2/c1-3-8-13-12(15)14-11-7-5-4-6-10(11)9-16-2/h3-7H,1,8-9H2,2H3,(H2,13,14,15). The van der Waals surface area contributed by atoms with E-state index in [0.29, 0.717) is 13.2 Å². The Hall–Kier alpha value is -1.81. The van der Waals surface area contributed by atoms with Gasteiger partial charge < -0.3 is 15.4 Å². The summed E-state index contributed by atoms with van der Waals surface area (Å²) in [5.74, 6) is 0. The van der Waals surface area contributed by atoms with Crippen molar-refractivity contribution in [2.24, 2.45) is 0 Å². The second-order valence-electron chi connectivity index (χ2n) is 3.21. The van der Waals surface area contributed by atoms with Crippen molar-refractivity contribution < 1.29 is 9.53 Å². The molecule has 0 heterocycles. The molecule has 2 N–H and O–H groups in total. The molecular weight excluding hydrogens is 204 g/mol. The molecule has 0 saturated carbocycles. The molecular formula is C12H16N2O2. The highest BCUT2D eigenvalue weighted by Gasteiger charge is 2.04. The van der Waals surface area contributed by atoms with E-state index in [1.807, 2.05) is 24.3 Å². The summed E-state index contributed by atoms with van der Waals surface area (Å²) in [5, 5.41) is 5.39. The van der Waals surface area contributed by atoms with E-state index in [4.69, 9.17) is 4.74 Å². The maximum atomic E-state index is 11.4. The Morgan fingerprint density at radius 2 is 2.25 bits per heavy atom. The third-order valence-corrected chi connectivity index (χ3v) is 1.97. The van der Waals surface area contributed by atoms with Gasteiger partial charge in [0.25, 0.3) is 0 Å². The number of nitrogens with one attached hydrogen (secondary N) is 2. The van der Waals surface area contributed by atoms with Gasteiger partial charge in [0, 0.05) is 24.9 Å². The molecule has 0 spiro atoms. The van der Waals surface area contributed by atoms with Crippen molar-refractivity contribution in [2.75, 3.05) is 19.0 Å². The number of methoxy groups -OCH3 is 1. The van der Waals surface area contributed by atoms with E-state index in [0.717, 1.165) is 11.3 Å². The van der Waals surface area contributed by atoms with Crippen molar-refractivity contribution in [2.45, 2.75) is 6.61 Å². The van der Waals surface area contributed by atoms with Crippen molar-refractivity contribution in [3.8, 4) is 0 Å². The average molecular weight is 220 g/mol. The predicted molar refractivity (Wildman–Crippen MR) is 64.4 cm³/mol. The fraction of sp³-hybridized carbons (Fsp3) is 0.250. The van der Waals surface area contributed by atoms with Gasteiger partial charge in [-0.3, -0.25) is 0 Å². The fourth-order valence-electron chi connectivity index (χ4n) is 1.25. The van der Waals surface area contributed by atoms with Crippen LogP contribution in [0, 0.1) is 0 Å². The van der Waals surface area contributed by atoms with Crippen molar-refractivity contribution in [1.29, 1.82) is 0 Å². The lowest BCUT2D eigenvalue weighted by molar-refractivity contribution is 0.185. The highest BCUT2D eigenvalue weighted by atomic mass is 16.5. The van der Waals surface area contributed by atoms with Gasteiger partial charge in [0.05, 0.1) is 6.61 Å². The van der Waals surface area contributed by atoms with E-state index < -0.39 is 0 Å². The Balaban J connectivity index is 2.64. The monoisotopic (exact) mass is 220 g/mol. The van der Waals surface area contributed by atoms with Crippen LogP contribution in [0.15, 0.2) is 36.9 Å². The van der Waals surface area contributed by atoms with Crippen LogP contribution in [0.2, 0.25) is 0 Å². The Labute approximate surface area is 95.3 Å². The topological polar surface area (TPSA) is 50.4 Å². The zero-order valence-electron chi connectivity index (χ0n) is 9.32. The van der Waals surface area contributed by atoms with Crippen LogP contribution in [-0.2, 0) is 11.3 Å². The van der Waals surface area contributed by atoms with Crippen molar-refractivity contribution in [1.82, 2.24) is 5.32 Å². The molecule has 0 aromatic heterocycles. The third-order valence-electron chi connectivity index (χ3n) is 1.97. The van der Waals surface area contributed by atoms with Gasteiger partial charge in [-0.1, -0.05) is 24.3 Å². The number of carbonyl (C=O) groups excluding carboxylic acids is 1. The lowest BCUT2D eigenvalue weighted by atomic mass is 10.2. The molecule has 0 unspecified atom stereocenters. The number of urea groups is 1. The molecule has 0 fully saturated rings. The van der Waals surface area contributed by atoms with Crippen LogP contribution < -0.4 is 10.6 Å². The van der Waals surface area contributed by atoms with Gasteiger partial charge in [-0.25, -0.2) is 4.79 Å². The van der Waals surface area contributed by atoms with Gasteiger partial charge in [0.1, 0.15) is 0 Å². The van der Waals surface area contributed by atoms with Gasteiger partial charge >= 0.3 is 6.03 Å². The molecule has 0 aliphatic rings.